The molecule has 2 aromatic heterocycles. The van der Waals surface area contributed by atoms with Crippen molar-refractivity contribution in [2.75, 3.05) is 11.5 Å². The third-order valence-corrected chi connectivity index (χ3v) is 4.15. The number of hydrogen-bond donors (Lipinski definition) is 2. The Balaban J connectivity index is 1.76. The van der Waals surface area contributed by atoms with Gasteiger partial charge in [-0.05, 0) is 41.6 Å². The molecule has 0 aliphatic carbocycles. The molecule has 2 heterocycles. The number of aromatic nitrogens is 3. The van der Waals surface area contributed by atoms with Crippen molar-refractivity contribution in [1.82, 2.24) is 15.0 Å². The van der Waals surface area contributed by atoms with Crippen molar-refractivity contribution in [3.8, 4) is 0 Å². The van der Waals surface area contributed by atoms with Gasteiger partial charge in [-0.1, -0.05) is 24.3 Å². The largest absolute Gasteiger partial charge is 0.383 e. The second kappa shape index (κ2) is 5.45. The molecule has 4 rings (SSSR count). The zero-order valence-corrected chi connectivity index (χ0v) is 13.3. The normalized spacial score (nSPS) is 11.2. The smallest absolute Gasteiger partial charge is 0.135 e. The third-order valence-electron chi connectivity index (χ3n) is 4.15. The molecule has 0 radical (unpaired) electrons. The average Bonchev–Trinajstić information content (AvgIpc) is 2.54. The maximum atomic E-state index is 6.10. The van der Waals surface area contributed by atoms with Gasteiger partial charge in [0.15, 0.2) is 0 Å². The Hall–Kier alpha value is -3.21. The Labute approximate surface area is 139 Å². The van der Waals surface area contributed by atoms with Crippen LogP contribution >= 0.6 is 0 Å². The van der Waals surface area contributed by atoms with Crippen LogP contribution in [0.1, 0.15) is 17.0 Å². The summed E-state index contributed by atoms with van der Waals surface area (Å²) < 4.78 is 0. The molecule has 0 amide bonds. The fourth-order valence-corrected chi connectivity index (χ4v) is 2.94. The number of pyridine rings is 1. The molecule has 0 aliphatic rings. The van der Waals surface area contributed by atoms with E-state index in [1.807, 2.05) is 43.3 Å². The lowest BCUT2D eigenvalue weighted by molar-refractivity contribution is 0.999. The number of benzene rings is 2. The van der Waals surface area contributed by atoms with E-state index in [1.54, 1.807) is 6.20 Å². The SMILES string of the molecule is Cc1ccc2c(N)nc(Cc3ccc4c(N)nccc4c3)nc2c1. The molecule has 0 aliphatic heterocycles. The highest BCUT2D eigenvalue weighted by Crippen LogP contribution is 2.23. The molecule has 0 unspecified atom stereocenters. The van der Waals surface area contributed by atoms with E-state index in [-0.39, 0.29) is 0 Å². The van der Waals surface area contributed by atoms with Crippen LogP contribution in [-0.2, 0) is 6.42 Å². The lowest BCUT2D eigenvalue weighted by atomic mass is 10.1. The van der Waals surface area contributed by atoms with Crippen LogP contribution in [0.3, 0.4) is 0 Å². The summed E-state index contributed by atoms with van der Waals surface area (Å²) >= 11 is 0. The standard InChI is InChI=1S/C19H17N5/c1-11-2-4-15-16(8-11)23-17(24-19(15)21)10-12-3-5-14-13(9-12)6-7-22-18(14)20/h2-9H,10H2,1H3,(H2,20,22)(H2,21,23,24). The minimum absolute atomic E-state index is 0.518. The number of aryl methyl sites for hydroxylation is 1. The molecule has 0 saturated heterocycles. The van der Waals surface area contributed by atoms with Gasteiger partial charge in [0.2, 0.25) is 0 Å². The molecule has 0 fully saturated rings. The van der Waals surface area contributed by atoms with Crippen molar-refractivity contribution in [2.24, 2.45) is 0 Å². The molecule has 118 valence electrons. The molecular formula is C19H17N5. The van der Waals surface area contributed by atoms with E-state index in [9.17, 15) is 0 Å². The maximum Gasteiger partial charge on any atom is 0.135 e. The average molecular weight is 315 g/mol. The van der Waals surface area contributed by atoms with E-state index in [0.717, 1.165) is 32.8 Å². The van der Waals surface area contributed by atoms with Crippen molar-refractivity contribution >= 4 is 33.3 Å². The van der Waals surface area contributed by atoms with Gasteiger partial charge >= 0.3 is 0 Å². The first-order valence-electron chi connectivity index (χ1n) is 7.76. The number of fused-ring (bicyclic) bond motifs is 2. The van der Waals surface area contributed by atoms with Gasteiger partial charge in [0.1, 0.15) is 17.5 Å². The van der Waals surface area contributed by atoms with Crippen LogP contribution in [-0.4, -0.2) is 15.0 Å². The Kier molecular flexibility index (Phi) is 3.27. The Bertz CT molecular complexity index is 1070. The summed E-state index contributed by atoms with van der Waals surface area (Å²) in [7, 11) is 0. The van der Waals surface area contributed by atoms with Crippen LogP contribution in [0.4, 0.5) is 11.6 Å². The Morgan fingerprint density at radius 2 is 1.71 bits per heavy atom. The minimum atomic E-state index is 0.518. The van der Waals surface area contributed by atoms with Crippen LogP contribution < -0.4 is 11.5 Å². The van der Waals surface area contributed by atoms with E-state index < -0.39 is 0 Å². The van der Waals surface area contributed by atoms with Crippen LogP contribution in [0.5, 0.6) is 0 Å². The molecule has 4 N–H and O–H groups in total. The highest BCUT2D eigenvalue weighted by atomic mass is 14.9. The van der Waals surface area contributed by atoms with Gasteiger partial charge in [-0.15, -0.1) is 0 Å². The summed E-state index contributed by atoms with van der Waals surface area (Å²) in [5.41, 5.74) is 15.1. The number of rotatable bonds is 2. The van der Waals surface area contributed by atoms with Gasteiger partial charge in [0.25, 0.3) is 0 Å². The molecular weight excluding hydrogens is 298 g/mol. The van der Waals surface area contributed by atoms with Crippen molar-refractivity contribution in [3.05, 3.63) is 65.6 Å². The second-order valence-electron chi connectivity index (χ2n) is 5.97. The van der Waals surface area contributed by atoms with Gasteiger partial charge in [0.05, 0.1) is 5.52 Å². The zero-order valence-electron chi connectivity index (χ0n) is 13.3. The monoisotopic (exact) mass is 315 g/mol. The van der Waals surface area contributed by atoms with Crippen LogP contribution in [0.2, 0.25) is 0 Å². The summed E-state index contributed by atoms with van der Waals surface area (Å²) in [4.78, 5) is 13.2. The number of anilines is 2. The third kappa shape index (κ3) is 2.50. The molecule has 2 aromatic carbocycles. The van der Waals surface area contributed by atoms with Gasteiger partial charge in [-0.25, -0.2) is 15.0 Å². The number of nitrogens with two attached hydrogens (primary N) is 2. The lowest BCUT2D eigenvalue weighted by Gasteiger charge is -2.08. The van der Waals surface area contributed by atoms with E-state index in [0.29, 0.717) is 23.9 Å². The van der Waals surface area contributed by atoms with Crippen LogP contribution in [0, 0.1) is 6.92 Å². The summed E-state index contributed by atoms with van der Waals surface area (Å²) in [6, 6.07) is 14.1. The van der Waals surface area contributed by atoms with E-state index >= 15 is 0 Å². The number of nitrogen functional groups attached to an aromatic ring is 2. The highest BCUT2D eigenvalue weighted by Gasteiger charge is 2.08. The van der Waals surface area contributed by atoms with Gasteiger partial charge < -0.3 is 11.5 Å². The van der Waals surface area contributed by atoms with E-state index in [1.165, 1.54) is 0 Å². The lowest BCUT2D eigenvalue weighted by Crippen LogP contribution is -2.02. The molecule has 5 nitrogen and oxygen atoms in total. The summed E-state index contributed by atoms with van der Waals surface area (Å²) in [5.74, 6) is 1.77. The van der Waals surface area contributed by atoms with Crippen molar-refractivity contribution in [2.45, 2.75) is 13.3 Å². The van der Waals surface area contributed by atoms with E-state index in [4.69, 9.17) is 11.5 Å². The minimum Gasteiger partial charge on any atom is -0.383 e. The van der Waals surface area contributed by atoms with Crippen molar-refractivity contribution in [1.29, 1.82) is 0 Å². The van der Waals surface area contributed by atoms with E-state index in [2.05, 4.69) is 21.0 Å². The summed E-state index contributed by atoms with van der Waals surface area (Å²) in [6.07, 6.45) is 2.33. The molecule has 4 aromatic rings. The van der Waals surface area contributed by atoms with Crippen molar-refractivity contribution < 1.29 is 0 Å². The van der Waals surface area contributed by atoms with Crippen LogP contribution in [0.25, 0.3) is 21.7 Å². The summed E-state index contributed by atoms with van der Waals surface area (Å²) in [5, 5.41) is 2.90. The quantitative estimate of drug-likeness (QED) is 0.592. The molecule has 0 saturated carbocycles. The molecule has 0 spiro atoms. The Morgan fingerprint density at radius 3 is 2.58 bits per heavy atom. The van der Waals surface area contributed by atoms with Crippen molar-refractivity contribution in [3.63, 3.8) is 0 Å². The predicted molar refractivity (Wildman–Crippen MR) is 97.6 cm³/mol. The van der Waals surface area contributed by atoms with Gasteiger partial charge in [0, 0.05) is 23.4 Å². The first-order valence-corrected chi connectivity index (χ1v) is 7.76. The number of nitrogens with zero attached hydrogens (tertiary/aromatic N) is 3. The molecule has 0 atom stereocenters. The molecule has 5 heteroatoms. The number of hydrogen-bond acceptors (Lipinski definition) is 5. The molecule has 24 heavy (non-hydrogen) atoms. The van der Waals surface area contributed by atoms with Gasteiger partial charge in [-0.3, -0.25) is 0 Å². The fourth-order valence-electron chi connectivity index (χ4n) is 2.94. The maximum absolute atomic E-state index is 6.10. The Morgan fingerprint density at radius 1 is 0.875 bits per heavy atom. The zero-order chi connectivity index (χ0) is 16.7. The van der Waals surface area contributed by atoms with Gasteiger partial charge in [-0.2, -0.15) is 0 Å². The summed E-state index contributed by atoms with van der Waals surface area (Å²) in [6.45, 7) is 2.04. The topological polar surface area (TPSA) is 90.7 Å². The second-order valence-corrected chi connectivity index (χ2v) is 5.97. The highest BCUT2D eigenvalue weighted by molar-refractivity contribution is 5.91. The van der Waals surface area contributed by atoms with Crippen LogP contribution in [0.15, 0.2) is 48.7 Å². The first kappa shape index (κ1) is 14.4. The first-order chi connectivity index (χ1) is 11.6. The molecule has 0 bridgehead atoms. The fraction of sp³-hybridized carbons (Fsp3) is 0.105. The predicted octanol–water partition coefficient (Wildman–Crippen LogP) is 3.24.